The summed E-state index contributed by atoms with van der Waals surface area (Å²) in [7, 11) is 1.90. The summed E-state index contributed by atoms with van der Waals surface area (Å²) >= 11 is 0. The summed E-state index contributed by atoms with van der Waals surface area (Å²) in [5.74, 6) is 0. The van der Waals surface area contributed by atoms with Gasteiger partial charge in [-0.2, -0.15) is 0 Å². The monoisotopic (exact) mass is 266 g/mol. The molecule has 2 amide bonds. The SMILES string of the molecule is CN1CCCN(C2CC(O)CCC23CCCC3)C1=O. The maximum atomic E-state index is 12.4. The highest BCUT2D eigenvalue weighted by molar-refractivity contribution is 5.75. The van der Waals surface area contributed by atoms with Gasteiger partial charge in [-0.25, -0.2) is 4.79 Å². The summed E-state index contributed by atoms with van der Waals surface area (Å²) in [5.41, 5.74) is 0.313. The van der Waals surface area contributed by atoms with Crippen molar-refractivity contribution in [3.8, 4) is 0 Å². The number of aliphatic hydroxyl groups excluding tert-OH is 1. The van der Waals surface area contributed by atoms with Gasteiger partial charge in [-0.1, -0.05) is 12.8 Å². The molecular weight excluding hydrogens is 240 g/mol. The summed E-state index contributed by atoms with van der Waals surface area (Å²) in [4.78, 5) is 16.4. The molecule has 1 saturated heterocycles. The van der Waals surface area contributed by atoms with Gasteiger partial charge in [0.2, 0.25) is 0 Å². The fourth-order valence-corrected chi connectivity index (χ4v) is 4.54. The van der Waals surface area contributed by atoms with Gasteiger partial charge in [-0.05, 0) is 43.9 Å². The van der Waals surface area contributed by atoms with Crippen molar-refractivity contribution in [2.45, 2.75) is 63.5 Å². The van der Waals surface area contributed by atoms with Gasteiger partial charge in [0.1, 0.15) is 0 Å². The van der Waals surface area contributed by atoms with Gasteiger partial charge in [0.15, 0.2) is 0 Å². The van der Waals surface area contributed by atoms with Crippen LogP contribution < -0.4 is 0 Å². The van der Waals surface area contributed by atoms with E-state index in [0.29, 0.717) is 5.41 Å². The average molecular weight is 266 g/mol. The van der Waals surface area contributed by atoms with Crippen LogP contribution in [0.4, 0.5) is 4.79 Å². The fourth-order valence-electron chi connectivity index (χ4n) is 4.54. The minimum absolute atomic E-state index is 0.177. The average Bonchev–Trinajstić information content (AvgIpc) is 2.86. The van der Waals surface area contributed by atoms with E-state index in [2.05, 4.69) is 4.90 Å². The van der Waals surface area contributed by atoms with Crippen LogP contribution in [0.2, 0.25) is 0 Å². The molecule has 19 heavy (non-hydrogen) atoms. The first kappa shape index (κ1) is 13.2. The van der Waals surface area contributed by atoms with Gasteiger partial charge >= 0.3 is 6.03 Å². The lowest BCUT2D eigenvalue weighted by atomic mass is 9.67. The van der Waals surface area contributed by atoms with Crippen molar-refractivity contribution in [2.24, 2.45) is 5.41 Å². The molecule has 3 fully saturated rings. The molecule has 1 heterocycles. The molecule has 1 aliphatic heterocycles. The quantitative estimate of drug-likeness (QED) is 0.791. The maximum absolute atomic E-state index is 12.4. The lowest BCUT2D eigenvalue weighted by Crippen LogP contribution is -2.59. The highest BCUT2D eigenvalue weighted by Crippen LogP contribution is 2.51. The number of rotatable bonds is 1. The molecule has 108 valence electrons. The van der Waals surface area contributed by atoms with Crippen LogP contribution >= 0.6 is 0 Å². The Morgan fingerprint density at radius 1 is 1.16 bits per heavy atom. The van der Waals surface area contributed by atoms with Gasteiger partial charge in [0.05, 0.1) is 6.10 Å². The number of hydrogen-bond donors (Lipinski definition) is 1. The summed E-state index contributed by atoms with van der Waals surface area (Å²) in [5, 5.41) is 10.1. The van der Waals surface area contributed by atoms with Crippen molar-refractivity contribution in [2.75, 3.05) is 20.1 Å². The van der Waals surface area contributed by atoms with Gasteiger partial charge in [-0.3, -0.25) is 0 Å². The van der Waals surface area contributed by atoms with Crippen molar-refractivity contribution in [3.05, 3.63) is 0 Å². The number of aliphatic hydroxyl groups is 1. The van der Waals surface area contributed by atoms with Crippen LogP contribution in [0.3, 0.4) is 0 Å². The number of amides is 2. The minimum atomic E-state index is -0.212. The third-order valence-corrected chi connectivity index (χ3v) is 5.62. The van der Waals surface area contributed by atoms with Crippen LogP contribution in [0.5, 0.6) is 0 Å². The van der Waals surface area contributed by atoms with E-state index in [0.717, 1.165) is 38.8 Å². The smallest absolute Gasteiger partial charge is 0.320 e. The van der Waals surface area contributed by atoms with Gasteiger partial charge in [-0.15, -0.1) is 0 Å². The van der Waals surface area contributed by atoms with Crippen LogP contribution in [-0.2, 0) is 0 Å². The van der Waals surface area contributed by atoms with E-state index < -0.39 is 0 Å². The van der Waals surface area contributed by atoms with Crippen molar-refractivity contribution in [1.82, 2.24) is 9.80 Å². The molecule has 0 radical (unpaired) electrons. The Bertz CT molecular complexity index is 352. The van der Waals surface area contributed by atoms with Crippen LogP contribution in [0.15, 0.2) is 0 Å². The number of carbonyl (C=O) groups is 1. The van der Waals surface area contributed by atoms with Crippen LogP contribution in [0.25, 0.3) is 0 Å². The first-order chi connectivity index (χ1) is 9.12. The minimum Gasteiger partial charge on any atom is -0.393 e. The van der Waals surface area contributed by atoms with E-state index >= 15 is 0 Å². The summed E-state index contributed by atoms with van der Waals surface area (Å²) < 4.78 is 0. The van der Waals surface area contributed by atoms with Crippen molar-refractivity contribution in [3.63, 3.8) is 0 Å². The topological polar surface area (TPSA) is 43.8 Å². The van der Waals surface area contributed by atoms with Crippen molar-refractivity contribution in [1.29, 1.82) is 0 Å². The number of hydrogen-bond acceptors (Lipinski definition) is 2. The molecule has 2 aliphatic carbocycles. The highest BCUT2D eigenvalue weighted by atomic mass is 16.3. The summed E-state index contributed by atoms with van der Waals surface area (Å²) in [6.07, 6.45) is 8.76. The molecule has 0 bridgehead atoms. The predicted octanol–water partition coefficient (Wildman–Crippen LogP) is 2.22. The predicted molar refractivity (Wildman–Crippen MR) is 73.9 cm³/mol. The zero-order valence-corrected chi connectivity index (χ0v) is 12.0. The molecule has 2 atom stereocenters. The van der Waals surface area contributed by atoms with Crippen molar-refractivity contribution < 1.29 is 9.90 Å². The van der Waals surface area contributed by atoms with E-state index in [4.69, 9.17) is 0 Å². The molecule has 0 aromatic heterocycles. The largest absolute Gasteiger partial charge is 0.393 e. The standard InChI is InChI=1S/C15H26N2O2/c1-16-9-4-10-17(14(16)19)13-11-12(18)5-8-15(13)6-2-3-7-15/h12-13,18H,2-11H2,1H3. The van der Waals surface area contributed by atoms with E-state index in [-0.39, 0.29) is 18.2 Å². The Kier molecular flexibility index (Phi) is 3.46. The fraction of sp³-hybridized carbons (Fsp3) is 0.933. The number of urea groups is 1. The lowest BCUT2D eigenvalue weighted by molar-refractivity contribution is -0.0215. The Morgan fingerprint density at radius 3 is 2.63 bits per heavy atom. The van der Waals surface area contributed by atoms with Crippen molar-refractivity contribution >= 4 is 6.03 Å². The normalized spacial score (nSPS) is 35.2. The molecule has 1 spiro atoms. The zero-order valence-electron chi connectivity index (χ0n) is 12.0. The second kappa shape index (κ2) is 4.97. The maximum Gasteiger partial charge on any atom is 0.320 e. The van der Waals surface area contributed by atoms with Crippen LogP contribution in [0, 0.1) is 5.41 Å². The third kappa shape index (κ3) is 2.24. The Morgan fingerprint density at radius 2 is 1.89 bits per heavy atom. The van der Waals surface area contributed by atoms with Crippen LogP contribution in [-0.4, -0.2) is 53.2 Å². The van der Waals surface area contributed by atoms with E-state index in [1.54, 1.807) is 0 Å². The van der Waals surface area contributed by atoms with E-state index in [9.17, 15) is 9.90 Å². The molecule has 4 nitrogen and oxygen atoms in total. The molecule has 2 unspecified atom stereocenters. The highest BCUT2D eigenvalue weighted by Gasteiger charge is 2.49. The molecule has 0 aromatic rings. The summed E-state index contributed by atoms with van der Waals surface area (Å²) in [6, 6.07) is 0.450. The molecule has 3 rings (SSSR count). The zero-order chi connectivity index (χ0) is 13.5. The Hall–Kier alpha value is -0.770. The van der Waals surface area contributed by atoms with E-state index in [1.165, 1.54) is 25.7 Å². The lowest BCUT2D eigenvalue weighted by Gasteiger charge is -2.50. The Balaban J connectivity index is 1.84. The first-order valence-corrected chi connectivity index (χ1v) is 7.82. The second-order valence-corrected chi connectivity index (χ2v) is 6.76. The van der Waals surface area contributed by atoms with Gasteiger partial charge in [0.25, 0.3) is 0 Å². The Labute approximate surface area is 115 Å². The molecule has 3 aliphatic rings. The number of carbonyl (C=O) groups excluding carboxylic acids is 1. The molecule has 1 N–H and O–H groups in total. The third-order valence-electron chi connectivity index (χ3n) is 5.62. The number of nitrogens with zero attached hydrogens (tertiary/aromatic N) is 2. The van der Waals surface area contributed by atoms with E-state index in [1.807, 2.05) is 11.9 Å². The van der Waals surface area contributed by atoms with Crippen LogP contribution in [0.1, 0.15) is 51.4 Å². The molecule has 2 saturated carbocycles. The van der Waals surface area contributed by atoms with Gasteiger partial charge in [0, 0.05) is 26.2 Å². The summed E-state index contributed by atoms with van der Waals surface area (Å²) in [6.45, 7) is 1.75. The molecule has 0 aromatic carbocycles. The molecule has 4 heteroatoms. The molecular formula is C15H26N2O2. The second-order valence-electron chi connectivity index (χ2n) is 6.76. The van der Waals surface area contributed by atoms with Gasteiger partial charge < -0.3 is 14.9 Å². The first-order valence-electron chi connectivity index (χ1n) is 7.82.